The monoisotopic (exact) mass is 397 g/mol. The number of carbonyl (C=O) groups excluding carboxylic acids is 1. The molecule has 0 fully saturated rings. The van der Waals surface area contributed by atoms with Gasteiger partial charge in [0.15, 0.2) is 0 Å². The fourth-order valence-electron chi connectivity index (χ4n) is 2.87. The third kappa shape index (κ3) is 5.60. The molecule has 146 valence electrons. The lowest BCUT2D eigenvalue weighted by atomic mass is 10.1. The second kappa shape index (κ2) is 9.42. The van der Waals surface area contributed by atoms with Crippen LogP contribution in [0.1, 0.15) is 33.5 Å². The molecule has 1 heterocycles. The predicted molar refractivity (Wildman–Crippen MR) is 111 cm³/mol. The summed E-state index contributed by atoms with van der Waals surface area (Å²) in [6.45, 7) is 5.74. The normalized spacial score (nSPS) is 10.7. The zero-order valence-corrected chi connectivity index (χ0v) is 16.9. The number of aromatic nitrogens is 2. The minimum Gasteiger partial charge on any atom is -0.489 e. The first-order valence-corrected chi connectivity index (χ1v) is 9.64. The molecule has 1 N–H and O–H groups in total. The minimum absolute atomic E-state index is 0.0823. The third-order valence-corrected chi connectivity index (χ3v) is 4.57. The second-order valence-electron chi connectivity index (χ2n) is 6.79. The van der Waals surface area contributed by atoms with Crippen molar-refractivity contribution in [2.75, 3.05) is 6.54 Å². The summed E-state index contributed by atoms with van der Waals surface area (Å²) in [4.78, 5) is 12.4. The Balaban J connectivity index is 1.49. The number of amides is 1. The van der Waals surface area contributed by atoms with Crippen molar-refractivity contribution >= 4 is 17.5 Å². The molecule has 0 aliphatic rings. The number of halogens is 1. The van der Waals surface area contributed by atoms with Gasteiger partial charge < -0.3 is 10.1 Å². The van der Waals surface area contributed by atoms with Crippen LogP contribution in [-0.2, 0) is 13.2 Å². The van der Waals surface area contributed by atoms with Gasteiger partial charge in [-0.15, -0.1) is 0 Å². The van der Waals surface area contributed by atoms with Crippen LogP contribution in [0.25, 0.3) is 0 Å². The smallest absolute Gasteiger partial charge is 0.251 e. The van der Waals surface area contributed by atoms with Gasteiger partial charge in [-0.2, -0.15) is 5.10 Å². The van der Waals surface area contributed by atoms with E-state index in [4.69, 9.17) is 16.3 Å². The summed E-state index contributed by atoms with van der Waals surface area (Å²) in [7, 11) is 0. The summed E-state index contributed by atoms with van der Waals surface area (Å²) in [5.74, 6) is 0.703. The van der Waals surface area contributed by atoms with Crippen LogP contribution in [0.15, 0.2) is 54.9 Å². The van der Waals surface area contributed by atoms with Crippen molar-refractivity contribution in [2.24, 2.45) is 0 Å². The van der Waals surface area contributed by atoms with E-state index in [9.17, 15) is 4.79 Å². The molecule has 0 spiro atoms. The van der Waals surface area contributed by atoms with Crippen molar-refractivity contribution in [3.63, 3.8) is 0 Å². The van der Waals surface area contributed by atoms with E-state index in [1.54, 1.807) is 6.07 Å². The van der Waals surface area contributed by atoms with Crippen LogP contribution in [0.5, 0.6) is 5.75 Å². The maximum absolute atomic E-state index is 12.4. The fourth-order valence-corrected chi connectivity index (χ4v) is 3.10. The van der Waals surface area contributed by atoms with Crippen molar-refractivity contribution in [3.8, 4) is 5.75 Å². The van der Waals surface area contributed by atoms with Crippen molar-refractivity contribution < 1.29 is 9.53 Å². The first-order chi connectivity index (χ1) is 13.5. The molecule has 6 heteroatoms. The highest BCUT2D eigenvalue weighted by Crippen LogP contribution is 2.22. The quantitative estimate of drug-likeness (QED) is 0.567. The Bertz CT molecular complexity index is 952. The average Bonchev–Trinajstić information content (AvgIpc) is 3.10. The standard InChI is InChI=1S/C22H24ClN3O2/c1-16-13-25-26(14-16)10-4-9-24-22(27)19-6-3-5-18(12-19)15-28-21-8-7-20(23)11-17(21)2/h3,5-8,11-14H,4,9-10,15H2,1-2H3,(H,24,27). The minimum atomic E-state index is -0.0823. The second-order valence-corrected chi connectivity index (χ2v) is 7.23. The summed E-state index contributed by atoms with van der Waals surface area (Å²) >= 11 is 5.97. The highest BCUT2D eigenvalue weighted by Gasteiger charge is 2.07. The molecule has 0 aliphatic heterocycles. The first-order valence-electron chi connectivity index (χ1n) is 9.26. The SMILES string of the molecule is Cc1cnn(CCCNC(=O)c2cccc(COc3ccc(Cl)cc3C)c2)c1. The van der Waals surface area contributed by atoms with Crippen molar-refractivity contribution in [2.45, 2.75) is 33.4 Å². The zero-order valence-electron chi connectivity index (χ0n) is 16.1. The third-order valence-electron chi connectivity index (χ3n) is 4.33. The number of aryl methyl sites for hydroxylation is 3. The Morgan fingerprint density at radius 3 is 2.82 bits per heavy atom. The van der Waals surface area contributed by atoms with Gasteiger partial charge in [0.1, 0.15) is 12.4 Å². The van der Waals surface area contributed by atoms with Gasteiger partial charge in [-0.1, -0.05) is 23.7 Å². The van der Waals surface area contributed by atoms with E-state index >= 15 is 0 Å². The molecule has 1 amide bonds. The highest BCUT2D eigenvalue weighted by molar-refractivity contribution is 6.30. The van der Waals surface area contributed by atoms with Crippen LogP contribution >= 0.6 is 11.6 Å². The molecule has 2 aromatic carbocycles. The summed E-state index contributed by atoms with van der Waals surface area (Å²) in [6.07, 6.45) is 4.65. The predicted octanol–water partition coefficient (Wildman–Crippen LogP) is 4.55. The summed E-state index contributed by atoms with van der Waals surface area (Å²) < 4.78 is 7.75. The first kappa shape index (κ1) is 20.0. The molecule has 0 aliphatic carbocycles. The molecule has 3 rings (SSSR count). The van der Waals surface area contributed by atoms with Gasteiger partial charge in [-0.3, -0.25) is 9.48 Å². The lowest BCUT2D eigenvalue weighted by Gasteiger charge is -2.11. The molecule has 0 atom stereocenters. The van der Waals surface area contributed by atoms with Gasteiger partial charge in [0.05, 0.1) is 6.20 Å². The molecule has 0 unspecified atom stereocenters. The molecule has 0 bridgehead atoms. The number of hydrogen-bond donors (Lipinski definition) is 1. The van der Waals surface area contributed by atoms with Gasteiger partial charge in [-0.25, -0.2) is 0 Å². The summed E-state index contributed by atoms with van der Waals surface area (Å²) in [5.41, 5.74) is 3.68. The largest absolute Gasteiger partial charge is 0.489 e. The van der Waals surface area contributed by atoms with Crippen LogP contribution in [-0.4, -0.2) is 22.2 Å². The van der Waals surface area contributed by atoms with E-state index in [0.29, 0.717) is 23.7 Å². The van der Waals surface area contributed by atoms with Gasteiger partial charge in [0.25, 0.3) is 5.91 Å². The highest BCUT2D eigenvalue weighted by atomic mass is 35.5. The number of hydrogen-bond acceptors (Lipinski definition) is 3. The molecule has 0 saturated carbocycles. The van der Waals surface area contributed by atoms with Crippen molar-refractivity contribution in [1.29, 1.82) is 0 Å². The number of nitrogens with one attached hydrogen (secondary N) is 1. The fraction of sp³-hybridized carbons (Fsp3) is 0.273. The molecule has 0 radical (unpaired) electrons. The lowest BCUT2D eigenvalue weighted by Crippen LogP contribution is -2.25. The van der Waals surface area contributed by atoms with E-state index in [1.165, 1.54) is 0 Å². The summed E-state index contributed by atoms with van der Waals surface area (Å²) in [6, 6.07) is 13.0. The topological polar surface area (TPSA) is 56.2 Å². The Kier molecular flexibility index (Phi) is 6.71. The lowest BCUT2D eigenvalue weighted by molar-refractivity contribution is 0.0952. The molecule has 5 nitrogen and oxygen atoms in total. The van der Waals surface area contributed by atoms with E-state index in [1.807, 2.05) is 67.3 Å². The number of nitrogens with zero attached hydrogens (tertiary/aromatic N) is 2. The number of carbonyl (C=O) groups is 1. The van der Waals surface area contributed by atoms with E-state index in [2.05, 4.69) is 10.4 Å². The van der Waals surface area contributed by atoms with Gasteiger partial charge in [0.2, 0.25) is 0 Å². The van der Waals surface area contributed by atoms with Crippen LogP contribution in [0.3, 0.4) is 0 Å². The maximum Gasteiger partial charge on any atom is 0.251 e. The van der Waals surface area contributed by atoms with Gasteiger partial charge in [0, 0.05) is 29.9 Å². The van der Waals surface area contributed by atoms with E-state index < -0.39 is 0 Å². The maximum atomic E-state index is 12.4. The molecule has 3 aromatic rings. The van der Waals surface area contributed by atoms with E-state index in [-0.39, 0.29) is 5.91 Å². The van der Waals surface area contributed by atoms with Crippen LogP contribution in [0, 0.1) is 13.8 Å². The molecular formula is C22H24ClN3O2. The Labute approximate surface area is 170 Å². The average molecular weight is 398 g/mol. The Morgan fingerprint density at radius 2 is 2.07 bits per heavy atom. The molecule has 28 heavy (non-hydrogen) atoms. The zero-order chi connectivity index (χ0) is 19.9. The number of benzene rings is 2. The van der Waals surface area contributed by atoms with E-state index in [0.717, 1.165) is 35.4 Å². The van der Waals surface area contributed by atoms with Gasteiger partial charge >= 0.3 is 0 Å². The van der Waals surface area contributed by atoms with Crippen LogP contribution in [0.2, 0.25) is 5.02 Å². The Morgan fingerprint density at radius 1 is 1.21 bits per heavy atom. The van der Waals surface area contributed by atoms with Crippen LogP contribution in [0.4, 0.5) is 0 Å². The molecular weight excluding hydrogens is 374 g/mol. The number of ether oxygens (including phenoxy) is 1. The Hall–Kier alpha value is -2.79. The van der Waals surface area contributed by atoms with Crippen LogP contribution < -0.4 is 10.1 Å². The molecule has 1 aromatic heterocycles. The van der Waals surface area contributed by atoms with Gasteiger partial charge in [-0.05, 0) is 67.3 Å². The molecule has 0 saturated heterocycles. The van der Waals surface area contributed by atoms with Crippen molar-refractivity contribution in [1.82, 2.24) is 15.1 Å². The number of rotatable bonds is 8. The van der Waals surface area contributed by atoms with Crippen molar-refractivity contribution in [3.05, 3.63) is 82.1 Å². The summed E-state index contributed by atoms with van der Waals surface area (Å²) in [5, 5.41) is 7.88.